The van der Waals surface area contributed by atoms with Crippen LogP contribution in [0.3, 0.4) is 0 Å². The first kappa shape index (κ1) is 23.6. The third-order valence-corrected chi connectivity index (χ3v) is 6.57. The minimum absolute atomic E-state index is 0.0761. The van der Waals surface area contributed by atoms with Crippen LogP contribution in [0.5, 0.6) is 0 Å². The smallest absolute Gasteiger partial charge is 0.260 e. The molecular weight excluding hydrogens is 452 g/mol. The predicted molar refractivity (Wildman–Crippen MR) is 140 cm³/mol. The Kier molecular flexibility index (Phi) is 6.24. The average molecular weight is 483 g/mol. The number of fused-ring (bicyclic) bond motifs is 1. The lowest BCUT2D eigenvalue weighted by Gasteiger charge is -2.24. The zero-order valence-corrected chi connectivity index (χ0v) is 21.2. The summed E-state index contributed by atoms with van der Waals surface area (Å²) in [5.41, 5.74) is 5.25. The summed E-state index contributed by atoms with van der Waals surface area (Å²) in [6.07, 6.45) is 1.67. The van der Waals surface area contributed by atoms with E-state index in [2.05, 4.69) is 34.3 Å². The Morgan fingerprint density at radius 1 is 1.11 bits per heavy atom. The molecule has 0 atom stereocenters. The van der Waals surface area contributed by atoms with Crippen molar-refractivity contribution in [2.75, 3.05) is 23.9 Å². The first-order chi connectivity index (χ1) is 17.4. The summed E-state index contributed by atoms with van der Waals surface area (Å²) >= 11 is 0. The maximum atomic E-state index is 13.6. The number of hydrogen-bond donors (Lipinski definition) is 1. The van der Waals surface area contributed by atoms with E-state index < -0.39 is 0 Å². The summed E-state index contributed by atoms with van der Waals surface area (Å²) in [4.78, 5) is 27.1. The van der Waals surface area contributed by atoms with Crippen LogP contribution >= 0.6 is 0 Å². The molecule has 9 heteroatoms. The highest BCUT2D eigenvalue weighted by Crippen LogP contribution is 2.32. The van der Waals surface area contributed by atoms with Gasteiger partial charge in [0.2, 0.25) is 0 Å². The Balaban J connectivity index is 1.51. The van der Waals surface area contributed by atoms with Crippen molar-refractivity contribution in [1.82, 2.24) is 30.0 Å². The standard InChI is InChI=1S/C27H30N8O/c1-17(2)33(5)25-13-20-21(23(31-25)14-28-4)15-34(27(20)36)24-8-6-7-22(30-24)26-32-29-16-35(26)19-11-9-18(3)10-12-19/h6-13,16-17,28H,14-15H2,1-5H3. The minimum Gasteiger partial charge on any atom is -0.357 e. The number of hydrogen-bond acceptors (Lipinski definition) is 7. The van der Waals surface area contributed by atoms with Crippen molar-refractivity contribution in [2.24, 2.45) is 0 Å². The van der Waals surface area contributed by atoms with Crippen molar-refractivity contribution in [3.63, 3.8) is 0 Å². The first-order valence-corrected chi connectivity index (χ1v) is 12.0. The zero-order valence-electron chi connectivity index (χ0n) is 21.2. The van der Waals surface area contributed by atoms with E-state index in [1.54, 1.807) is 11.2 Å². The number of rotatable bonds is 7. The normalized spacial score (nSPS) is 12.9. The number of amides is 1. The number of aromatic nitrogens is 5. The van der Waals surface area contributed by atoms with Crippen LogP contribution in [0.1, 0.15) is 41.0 Å². The lowest BCUT2D eigenvalue weighted by molar-refractivity contribution is 0.0996. The Labute approximate surface area is 210 Å². The topological polar surface area (TPSA) is 92.1 Å². The molecule has 9 nitrogen and oxygen atoms in total. The predicted octanol–water partition coefficient (Wildman–Crippen LogP) is 3.76. The fourth-order valence-corrected chi connectivity index (χ4v) is 4.30. The van der Waals surface area contributed by atoms with Crippen molar-refractivity contribution < 1.29 is 4.79 Å². The van der Waals surface area contributed by atoms with Crippen molar-refractivity contribution in [3.05, 3.63) is 77.2 Å². The highest BCUT2D eigenvalue weighted by Gasteiger charge is 2.33. The number of nitrogens with zero attached hydrogens (tertiary/aromatic N) is 7. The van der Waals surface area contributed by atoms with Crippen molar-refractivity contribution >= 4 is 17.5 Å². The fourth-order valence-electron chi connectivity index (χ4n) is 4.30. The molecule has 0 spiro atoms. The molecule has 0 bridgehead atoms. The fraction of sp³-hybridized carbons (Fsp3) is 0.296. The second kappa shape index (κ2) is 9.50. The molecule has 1 aliphatic heterocycles. The molecule has 36 heavy (non-hydrogen) atoms. The van der Waals surface area contributed by atoms with Gasteiger partial charge in [0, 0.05) is 30.9 Å². The van der Waals surface area contributed by atoms with Gasteiger partial charge in [-0.25, -0.2) is 9.97 Å². The molecule has 1 aromatic carbocycles. The first-order valence-electron chi connectivity index (χ1n) is 12.0. The van der Waals surface area contributed by atoms with Gasteiger partial charge in [-0.2, -0.15) is 0 Å². The molecule has 0 radical (unpaired) electrons. The summed E-state index contributed by atoms with van der Waals surface area (Å²) in [5, 5.41) is 11.6. The minimum atomic E-state index is -0.0761. The molecule has 4 heterocycles. The molecule has 0 saturated heterocycles. The second-order valence-electron chi connectivity index (χ2n) is 9.32. The molecule has 4 aromatic rings. The van der Waals surface area contributed by atoms with Gasteiger partial charge < -0.3 is 10.2 Å². The number of pyridine rings is 2. The molecule has 0 aliphatic carbocycles. The van der Waals surface area contributed by atoms with E-state index in [1.165, 1.54) is 5.56 Å². The molecular formula is C27H30N8O. The quantitative estimate of drug-likeness (QED) is 0.429. The summed E-state index contributed by atoms with van der Waals surface area (Å²) in [7, 11) is 3.88. The van der Waals surface area contributed by atoms with Crippen LogP contribution in [-0.4, -0.2) is 50.8 Å². The number of benzene rings is 1. The maximum Gasteiger partial charge on any atom is 0.260 e. The van der Waals surface area contributed by atoms with Gasteiger partial charge in [-0.15, -0.1) is 10.2 Å². The molecule has 1 amide bonds. The van der Waals surface area contributed by atoms with Crippen molar-refractivity contribution in [2.45, 2.75) is 39.9 Å². The Morgan fingerprint density at radius 2 is 1.89 bits per heavy atom. The van der Waals surface area contributed by atoms with Crippen molar-refractivity contribution in [3.8, 4) is 17.2 Å². The summed E-state index contributed by atoms with van der Waals surface area (Å²) in [5.74, 6) is 1.90. The monoisotopic (exact) mass is 482 g/mol. The van der Waals surface area contributed by atoms with E-state index in [9.17, 15) is 4.79 Å². The van der Waals surface area contributed by atoms with Crippen LogP contribution in [0, 0.1) is 6.92 Å². The van der Waals surface area contributed by atoms with Crippen molar-refractivity contribution in [1.29, 1.82) is 0 Å². The summed E-state index contributed by atoms with van der Waals surface area (Å²) < 4.78 is 1.90. The Bertz CT molecular complexity index is 1410. The Morgan fingerprint density at radius 3 is 2.61 bits per heavy atom. The van der Waals surface area contributed by atoms with Crippen LogP contribution < -0.4 is 15.1 Å². The lowest BCUT2D eigenvalue weighted by Crippen LogP contribution is -2.27. The summed E-state index contributed by atoms with van der Waals surface area (Å²) in [6.45, 7) is 7.26. The Hall–Kier alpha value is -4.11. The van der Waals surface area contributed by atoms with Crippen LogP contribution in [0.4, 0.5) is 11.6 Å². The van der Waals surface area contributed by atoms with Gasteiger partial charge in [0.05, 0.1) is 17.8 Å². The zero-order chi connectivity index (χ0) is 25.4. The summed E-state index contributed by atoms with van der Waals surface area (Å²) in [6, 6.07) is 15.9. The highest BCUT2D eigenvalue weighted by atomic mass is 16.2. The number of aryl methyl sites for hydroxylation is 1. The largest absolute Gasteiger partial charge is 0.357 e. The van der Waals surface area contributed by atoms with Gasteiger partial charge in [-0.05, 0) is 58.2 Å². The van der Waals surface area contributed by atoms with E-state index in [4.69, 9.17) is 9.97 Å². The number of carbonyl (C=O) groups excluding carboxylic acids is 1. The van der Waals surface area contributed by atoms with Gasteiger partial charge >= 0.3 is 0 Å². The lowest BCUT2D eigenvalue weighted by atomic mass is 10.1. The van der Waals surface area contributed by atoms with Crippen LogP contribution in [0.15, 0.2) is 54.9 Å². The van der Waals surface area contributed by atoms with Crippen LogP contribution in [-0.2, 0) is 13.1 Å². The third-order valence-electron chi connectivity index (χ3n) is 6.57. The maximum absolute atomic E-state index is 13.6. The van der Waals surface area contributed by atoms with E-state index >= 15 is 0 Å². The van der Waals surface area contributed by atoms with E-state index in [0.717, 1.165) is 22.8 Å². The van der Waals surface area contributed by atoms with Gasteiger partial charge in [0.25, 0.3) is 5.91 Å². The molecule has 1 N–H and O–H groups in total. The molecule has 1 aliphatic rings. The average Bonchev–Trinajstić information content (AvgIpc) is 3.50. The highest BCUT2D eigenvalue weighted by molar-refractivity contribution is 6.10. The molecule has 184 valence electrons. The third kappa shape index (κ3) is 4.22. The molecule has 0 unspecified atom stereocenters. The van der Waals surface area contributed by atoms with E-state index in [1.807, 2.05) is 74.1 Å². The van der Waals surface area contributed by atoms with Gasteiger partial charge in [-0.1, -0.05) is 23.8 Å². The van der Waals surface area contributed by atoms with Crippen LogP contribution in [0.25, 0.3) is 17.2 Å². The van der Waals surface area contributed by atoms with Gasteiger partial charge in [0.15, 0.2) is 5.82 Å². The molecule has 5 rings (SSSR count). The SMILES string of the molecule is CNCc1nc(N(C)C(C)C)cc2c1CN(c1cccc(-c3nncn3-c3ccc(C)cc3)n1)C2=O. The van der Waals surface area contributed by atoms with Gasteiger partial charge in [0.1, 0.15) is 23.7 Å². The number of carbonyl (C=O) groups is 1. The number of anilines is 2. The molecule has 3 aromatic heterocycles. The molecule has 0 saturated carbocycles. The number of nitrogens with one attached hydrogen (secondary N) is 1. The van der Waals surface area contributed by atoms with Crippen LogP contribution in [0.2, 0.25) is 0 Å². The van der Waals surface area contributed by atoms with E-state index in [0.29, 0.717) is 36.0 Å². The van der Waals surface area contributed by atoms with E-state index in [-0.39, 0.29) is 11.9 Å². The van der Waals surface area contributed by atoms with Gasteiger partial charge in [-0.3, -0.25) is 14.3 Å². The second-order valence-corrected chi connectivity index (χ2v) is 9.32. The molecule has 0 fully saturated rings.